The van der Waals surface area contributed by atoms with Gasteiger partial charge in [-0.3, -0.25) is 14.9 Å². The van der Waals surface area contributed by atoms with Crippen LogP contribution < -0.4 is 5.32 Å². The van der Waals surface area contributed by atoms with Crippen molar-refractivity contribution in [2.75, 3.05) is 5.32 Å². The molecule has 100 valence electrons. The third kappa shape index (κ3) is 3.12. The number of carbonyl (C=O) groups excluding carboxylic acids is 1. The standard InChI is InChI=1S/C12H6IN3O3S/c13-11-4-8(6-20-11)12(17)15-9-2-1-7(5-14)3-10(9)16(18)19/h1-4,6H,(H,15,17). The van der Waals surface area contributed by atoms with Crippen LogP contribution in [-0.4, -0.2) is 10.8 Å². The number of hydrogen-bond donors (Lipinski definition) is 1. The molecule has 1 heterocycles. The van der Waals surface area contributed by atoms with E-state index in [4.69, 9.17) is 5.26 Å². The molecule has 2 aromatic rings. The summed E-state index contributed by atoms with van der Waals surface area (Å²) in [6.45, 7) is 0. The van der Waals surface area contributed by atoms with Gasteiger partial charge < -0.3 is 5.32 Å². The summed E-state index contributed by atoms with van der Waals surface area (Å²) in [4.78, 5) is 22.3. The quantitative estimate of drug-likeness (QED) is 0.486. The molecule has 0 radical (unpaired) electrons. The van der Waals surface area contributed by atoms with Gasteiger partial charge in [-0.15, -0.1) is 11.3 Å². The highest BCUT2D eigenvalue weighted by molar-refractivity contribution is 14.1. The lowest BCUT2D eigenvalue weighted by Crippen LogP contribution is -2.12. The number of nitro benzene ring substituents is 1. The number of anilines is 1. The van der Waals surface area contributed by atoms with Crippen LogP contribution in [-0.2, 0) is 0 Å². The number of hydrogen-bond acceptors (Lipinski definition) is 5. The molecular weight excluding hydrogens is 393 g/mol. The van der Waals surface area contributed by atoms with Crippen molar-refractivity contribution in [3.05, 3.63) is 53.8 Å². The predicted octanol–water partition coefficient (Wildman–Crippen LogP) is 3.38. The maximum absolute atomic E-state index is 12.0. The molecule has 0 aliphatic carbocycles. The molecule has 0 saturated heterocycles. The van der Waals surface area contributed by atoms with Crippen molar-refractivity contribution < 1.29 is 9.72 Å². The Hall–Kier alpha value is -1.99. The van der Waals surface area contributed by atoms with E-state index < -0.39 is 10.8 Å². The van der Waals surface area contributed by atoms with E-state index in [0.717, 1.165) is 8.95 Å². The van der Waals surface area contributed by atoms with E-state index in [1.54, 1.807) is 11.4 Å². The Bertz CT molecular complexity index is 736. The Balaban J connectivity index is 2.32. The Morgan fingerprint density at radius 1 is 1.45 bits per heavy atom. The Morgan fingerprint density at radius 2 is 2.20 bits per heavy atom. The van der Waals surface area contributed by atoms with Gasteiger partial charge in [0.25, 0.3) is 11.6 Å². The number of thiophene rings is 1. The molecule has 0 unspecified atom stereocenters. The number of amides is 1. The molecular formula is C12H6IN3O3S. The minimum absolute atomic E-state index is 0.0696. The SMILES string of the molecule is N#Cc1ccc(NC(=O)c2csc(I)c2)c([N+](=O)[O-])c1. The number of rotatable bonds is 3. The van der Waals surface area contributed by atoms with Crippen LogP contribution in [0.5, 0.6) is 0 Å². The van der Waals surface area contributed by atoms with Crippen LogP contribution in [0.15, 0.2) is 29.6 Å². The van der Waals surface area contributed by atoms with Crippen molar-refractivity contribution in [1.82, 2.24) is 0 Å². The topological polar surface area (TPSA) is 96.0 Å². The first-order valence-electron chi connectivity index (χ1n) is 5.25. The van der Waals surface area contributed by atoms with E-state index in [9.17, 15) is 14.9 Å². The van der Waals surface area contributed by atoms with Crippen molar-refractivity contribution in [3.63, 3.8) is 0 Å². The number of carbonyl (C=O) groups is 1. The largest absolute Gasteiger partial charge is 0.316 e. The fourth-order valence-electron chi connectivity index (χ4n) is 1.48. The highest BCUT2D eigenvalue weighted by atomic mass is 127. The fraction of sp³-hybridized carbons (Fsp3) is 0. The molecule has 0 aliphatic rings. The normalized spacial score (nSPS) is 9.80. The van der Waals surface area contributed by atoms with Crippen LogP contribution >= 0.6 is 33.9 Å². The highest BCUT2D eigenvalue weighted by Gasteiger charge is 2.18. The third-order valence-electron chi connectivity index (χ3n) is 2.40. The van der Waals surface area contributed by atoms with Gasteiger partial charge in [0.15, 0.2) is 0 Å². The maximum Gasteiger partial charge on any atom is 0.294 e. The van der Waals surface area contributed by atoms with Crippen LogP contribution in [0.1, 0.15) is 15.9 Å². The Morgan fingerprint density at radius 3 is 2.75 bits per heavy atom. The molecule has 1 N–H and O–H groups in total. The van der Waals surface area contributed by atoms with Crippen LogP contribution in [0.3, 0.4) is 0 Å². The lowest BCUT2D eigenvalue weighted by atomic mass is 10.2. The minimum Gasteiger partial charge on any atom is -0.316 e. The van der Waals surface area contributed by atoms with E-state index in [2.05, 4.69) is 27.9 Å². The maximum atomic E-state index is 12.0. The molecule has 0 aliphatic heterocycles. The summed E-state index contributed by atoms with van der Waals surface area (Å²) in [6.07, 6.45) is 0. The molecule has 20 heavy (non-hydrogen) atoms. The summed E-state index contributed by atoms with van der Waals surface area (Å²) >= 11 is 3.49. The van der Waals surface area contributed by atoms with Crippen molar-refractivity contribution >= 4 is 51.2 Å². The zero-order chi connectivity index (χ0) is 14.7. The smallest absolute Gasteiger partial charge is 0.294 e. The van der Waals surface area contributed by atoms with Crippen LogP contribution in [0, 0.1) is 24.3 Å². The number of nitrogens with one attached hydrogen (secondary N) is 1. The van der Waals surface area contributed by atoms with Crippen LogP contribution in [0.25, 0.3) is 0 Å². The van der Waals surface area contributed by atoms with Crippen LogP contribution in [0.2, 0.25) is 0 Å². The highest BCUT2D eigenvalue weighted by Crippen LogP contribution is 2.26. The second-order valence-corrected chi connectivity index (χ2v) is 6.50. The second-order valence-electron chi connectivity index (χ2n) is 3.69. The number of nitriles is 1. The van der Waals surface area contributed by atoms with Gasteiger partial charge >= 0.3 is 0 Å². The van der Waals surface area contributed by atoms with Gasteiger partial charge in [0, 0.05) is 11.4 Å². The molecule has 6 nitrogen and oxygen atoms in total. The monoisotopic (exact) mass is 399 g/mol. The van der Waals surface area contributed by atoms with E-state index in [0.29, 0.717) is 5.56 Å². The van der Waals surface area contributed by atoms with Gasteiger partial charge in [-0.1, -0.05) is 0 Å². The first-order valence-corrected chi connectivity index (χ1v) is 7.21. The average molecular weight is 399 g/mol. The average Bonchev–Trinajstić information content (AvgIpc) is 2.85. The van der Waals surface area contributed by atoms with Gasteiger partial charge in [-0.25, -0.2) is 0 Å². The summed E-state index contributed by atoms with van der Waals surface area (Å²) in [5, 5.41) is 23.9. The summed E-state index contributed by atoms with van der Waals surface area (Å²) in [5.41, 5.74) is 0.375. The van der Waals surface area contributed by atoms with Gasteiger partial charge in [0.1, 0.15) is 5.69 Å². The van der Waals surface area contributed by atoms with Gasteiger partial charge in [0.2, 0.25) is 0 Å². The first kappa shape index (κ1) is 14.4. The molecule has 0 spiro atoms. The number of nitrogens with zero attached hydrogens (tertiary/aromatic N) is 2. The van der Waals surface area contributed by atoms with E-state index in [-0.39, 0.29) is 16.9 Å². The fourth-order valence-corrected chi connectivity index (χ4v) is 2.81. The molecule has 2 rings (SSSR count). The summed E-state index contributed by atoms with van der Waals surface area (Å²) in [5.74, 6) is -0.419. The predicted molar refractivity (Wildman–Crippen MR) is 82.8 cm³/mol. The number of nitro groups is 1. The van der Waals surface area contributed by atoms with Crippen molar-refractivity contribution in [2.24, 2.45) is 0 Å². The minimum atomic E-state index is -0.631. The lowest BCUT2D eigenvalue weighted by Gasteiger charge is -2.05. The molecule has 0 atom stereocenters. The molecule has 0 bridgehead atoms. The molecule has 0 saturated carbocycles. The van der Waals surface area contributed by atoms with E-state index in [1.807, 2.05) is 6.07 Å². The van der Waals surface area contributed by atoms with E-state index in [1.165, 1.54) is 23.5 Å². The van der Waals surface area contributed by atoms with Crippen molar-refractivity contribution in [3.8, 4) is 6.07 Å². The van der Waals surface area contributed by atoms with E-state index >= 15 is 0 Å². The molecule has 8 heteroatoms. The van der Waals surface area contributed by atoms with Gasteiger partial charge in [-0.2, -0.15) is 5.26 Å². The number of benzene rings is 1. The molecule has 1 amide bonds. The summed E-state index contributed by atoms with van der Waals surface area (Å²) in [7, 11) is 0. The lowest BCUT2D eigenvalue weighted by molar-refractivity contribution is -0.383. The van der Waals surface area contributed by atoms with Gasteiger partial charge in [0.05, 0.1) is 25.0 Å². The third-order valence-corrected chi connectivity index (χ3v) is 4.19. The Labute approximate surface area is 131 Å². The summed E-state index contributed by atoms with van der Waals surface area (Å²) < 4.78 is 0.946. The molecule has 1 aromatic heterocycles. The van der Waals surface area contributed by atoms with Gasteiger partial charge in [-0.05, 0) is 40.8 Å². The number of halogens is 1. The Kier molecular flexibility index (Phi) is 4.31. The van der Waals surface area contributed by atoms with Crippen molar-refractivity contribution in [2.45, 2.75) is 0 Å². The zero-order valence-electron chi connectivity index (χ0n) is 9.79. The van der Waals surface area contributed by atoms with Crippen molar-refractivity contribution in [1.29, 1.82) is 5.26 Å². The van der Waals surface area contributed by atoms with Crippen LogP contribution in [0.4, 0.5) is 11.4 Å². The molecule has 1 aromatic carbocycles. The second kappa shape index (κ2) is 5.98. The molecule has 0 fully saturated rings. The zero-order valence-corrected chi connectivity index (χ0v) is 12.8. The summed E-state index contributed by atoms with van der Waals surface area (Å²) in [6, 6.07) is 7.41. The first-order chi connectivity index (χ1) is 9.51.